The van der Waals surface area contributed by atoms with Crippen molar-refractivity contribution in [3.8, 4) is 0 Å². The number of carbonyl (C=O) groups is 1. The molecule has 0 fully saturated rings. The van der Waals surface area contributed by atoms with Crippen molar-refractivity contribution in [3.05, 3.63) is 34.3 Å². The van der Waals surface area contributed by atoms with Crippen molar-refractivity contribution < 1.29 is 13.6 Å². The molecule has 0 amide bonds. The van der Waals surface area contributed by atoms with Crippen LogP contribution in [0.15, 0.2) is 18.2 Å². The zero-order valence-electron chi connectivity index (χ0n) is 7.81. The van der Waals surface area contributed by atoms with E-state index in [4.69, 9.17) is 11.6 Å². The average Bonchev–Trinajstić information content (AvgIpc) is 2.16. The van der Waals surface area contributed by atoms with Crippen LogP contribution in [0.4, 0.5) is 8.78 Å². The van der Waals surface area contributed by atoms with Gasteiger partial charge in [0.15, 0.2) is 0 Å². The largest absolute Gasteiger partial charge is 0.298 e. The maximum absolute atomic E-state index is 12.5. The molecular weight excluding hydrogens is 289 g/mol. The maximum Gasteiger partial charge on any atom is 0.265 e. The summed E-state index contributed by atoms with van der Waals surface area (Å²) in [4.78, 5) is 10.4. The molecule has 0 aliphatic carbocycles. The molecule has 15 heavy (non-hydrogen) atoms. The van der Waals surface area contributed by atoms with Gasteiger partial charge in [0.1, 0.15) is 5.78 Å². The highest BCUT2D eigenvalue weighted by atomic mass is 79.9. The Kier molecular flexibility index (Phi) is 4.22. The van der Waals surface area contributed by atoms with Crippen LogP contribution in [-0.2, 0) is 4.79 Å². The smallest absolute Gasteiger partial charge is 0.265 e. The van der Waals surface area contributed by atoms with Crippen molar-refractivity contribution in [2.45, 2.75) is 18.2 Å². The Hall–Kier alpha value is -0.480. The lowest BCUT2D eigenvalue weighted by atomic mass is 10.1. The third-order valence-corrected chi connectivity index (χ3v) is 3.50. The monoisotopic (exact) mass is 296 g/mol. The SMILES string of the molecule is CC(=O)C(Br)c1cccc(C(F)F)c1Cl. The molecule has 1 rings (SSSR count). The lowest BCUT2D eigenvalue weighted by molar-refractivity contribution is -0.116. The van der Waals surface area contributed by atoms with Crippen molar-refractivity contribution in [2.75, 3.05) is 0 Å². The van der Waals surface area contributed by atoms with Crippen LogP contribution < -0.4 is 0 Å². The van der Waals surface area contributed by atoms with E-state index in [2.05, 4.69) is 15.9 Å². The van der Waals surface area contributed by atoms with Gasteiger partial charge < -0.3 is 0 Å². The lowest BCUT2D eigenvalue weighted by Gasteiger charge is -2.11. The van der Waals surface area contributed by atoms with E-state index in [1.807, 2.05) is 0 Å². The number of alkyl halides is 3. The number of ketones is 1. The maximum atomic E-state index is 12.5. The third kappa shape index (κ3) is 2.75. The molecule has 0 saturated heterocycles. The molecule has 0 heterocycles. The van der Waals surface area contributed by atoms with Crippen LogP contribution in [0.25, 0.3) is 0 Å². The van der Waals surface area contributed by atoms with Gasteiger partial charge in [0, 0.05) is 5.56 Å². The predicted octanol–water partition coefficient (Wildman–Crippen LogP) is 4.30. The fourth-order valence-electron chi connectivity index (χ4n) is 1.15. The minimum Gasteiger partial charge on any atom is -0.298 e. The fraction of sp³-hybridized carbons (Fsp3) is 0.300. The van der Waals surface area contributed by atoms with Crippen LogP contribution >= 0.6 is 27.5 Å². The number of Topliss-reactive ketones (excluding diaryl/α,β-unsaturated/α-hetero) is 1. The molecule has 0 bridgehead atoms. The summed E-state index contributed by atoms with van der Waals surface area (Å²) in [6, 6.07) is 4.26. The molecule has 0 saturated carbocycles. The van der Waals surface area contributed by atoms with Crippen molar-refractivity contribution >= 4 is 33.3 Å². The molecule has 1 aromatic rings. The van der Waals surface area contributed by atoms with Crippen molar-refractivity contribution in [1.82, 2.24) is 0 Å². The first-order valence-electron chi connectivity index (χ1n) is 4.16. The van der Waals surface area contributed by atoms with E-state index in [1.54, 1.807) is 6.07 Å². The van der Waals surface area contributed by atoms with Crippen molar-refractivity contribution in [2.24, 2.45) is 0 Å². The normalized spacial score (nSPS) is 12.9. The zero-order chi connectivity index (χ0) is 11.6. The number of benzene rings is 1. The Morgan fingerprint density at radius 2 is 1.93 bits per heavy atom. The van der Waals surface area contributed by atoms with Crippen molar-refractivity contribution in [1.29, 1.82) is 0 Å². The Morgan fingerprint density at radius 1 is 1.40 bits per heavy atom. The standard InChI is InChI=1S/C10H8BrClF2O/c1-5(15)8(11)6-3-2-4-7(9(6)12)10(13)14/h2-4,8,10H,1H3. The fourth-order valence-corrected chi connectivity index (χ4v) is 1.98. The van der Waals surface area contributed by atoms with Crippen molar-refractivity contribution in [3.63, 3.8) is 0 Å². The molecule has 1 atom stereocenters. The van der Waals surface area contributed by atoms with Crippen LogP contribution in [0.3, 0.4) is 0 Å². The Labute approximate surface area is 99.6 Å². The first-order valence-corrected chi connectivity index (χ1v) is 5.45. The Morgan fingerprint density at radius 3 is 2.40 bits per heavy atom. The lowest BCUT2D eigenvalue weighted by Crippen LogP contribution is -2.03. The zero-order valence-corrected chi connectivity index (χ0v) is 10.1. The molecule has 0 aromatic heterocycles. The number of halogens is 4. The molecule has 0 N–H and O–H groups in total. The van der Waals surface area contributed by atoms with Gasteiger partial charge in [0.25, 0.3) is 6.43 Å². The summed E-state index contributed by atoms with van der Waals surface area (Å²) >= 11 is 8.89. The van der Waals surface area contributed by atoms with Crippen LogP contribution in [0.2, 0.25) is 5.02 Å². The highest BCUT2D eigenvalue weighted by Gasteiger charge is 2.20. The van der Waals surface area contributed by atoms with Gasteiger partial charge in [-0.1, -0.05) is 45.7 Å². The predicted molar refractivity (Wildman–Crippen MR) is 58.8 cm³/mol. The molecule has 5 heteroatoms. The van der Waals surface area contributed by atoms with E-state index in [1.165, 1.54) is 19.1 Å². The highest BCUT2D eigenvalue weighted by molar-refractivity contribution is 9.09. The first kappa shape index (κ1) is 12.6. The first-order chi connectivity index (χ1) is 6.95. The summed E-state index contributed by atoms with van der Waals surface area (Å²) in [5.74, 6) is -0.177. The van der Waals surface area contributed by atoms with Gasteiger partial charge in [-0.25, -0.2) is 8.78 Å². The van der Waals surface area contributed by atoms with Gasteiger partial charge in [-0.05, 0) is 12.5 Å². The van der Waals surface area contributed by atoms with Crippen LogP contribution in [-0.4, -0.2) is 5.78 Å². The molecule has 0 radical (unpaired) electrons. The van der Waals surface area contributed by atoms with Gasteiger partial charge >= 0.3 is 0 Å². The summed E-state index contributed by atoms with van der Waals surface area (Å²) in [6.45, 7) is 1.37. The second-order valence-electron chi connectivity index (χ2n) is 3.02. The molecule has 0 spiro atoms. The highest BCUT2D eigenvalue weighted by Crippen LogP contribution is 2.36. The average molecular weight is 298 g/mol. The Balaban J connectivity index is 3.21. The van der Waals surface area contributed by atoms with E-state index in [9.17, 15) is 13.6 Å². The van der Waals surface area contributed by atoms with Gasteiger partial charge in [0.2, 0.25) is 0 Å². The second-order valence-corrected chi connectivity index (χ2v) is 4.32. The Bertz CT molecular complexity index is 382. The number of hydrogen-bond acceptors (Lipinski definition) is 1. The third-order valence-electron chi connectivity index (χ3n) is 1.92. The summed E-state index contributed by atoms with van der Waals surface area (Å²) in [5, 5.41) is -0.0513. The number of rotatable bonds is 3. The second kappa shape index (κ2) is 5.03. The van der Waals surface area contributed by atoms with Crippen LogP contribution in [0.5, 0.6) is 0 Å². The topological polar surface area (TPSA) is 17.1 Å². The summed E-state index contributed by atoms with van der Waals surface area (Å²) in [6.07, 6.45) is -2.64. The van der Waals surface area contributed by atoms with Crippen LogP contribution in [0.1, 0.15) is 29.3 Å². The van der Waals surface area contributed by atoms with E-state index in [0.717, 1.165) is 0 Å². The molecule has 0 aliphatic heterocycles. The minimum absolute atomic E-state index is 0.0513. The van der Waals surface area contributed by atoms with E-state index in [-0.39, 0.29) is 16.4 Å². The number of carbonyl (C=O) groups excluding carboxylic acids is 1. The summed E-state index contributed by atoms with van der Waals surface area (Å²) < 4.78 is 25.0. The van der Waals surface area contributed by atoms with Crippen LogP contribution in [0, 0.1) is 0 Å². The van der Waals surface area contributed by atoms with Gasteiger partial charge in [-0.2, -0.15) is 0 Å². The minimum atomic E-state index is -2.64. The van der Waals surface area contributed by atoms with Gasteiger partial charge in [0.05, 0.1) is 9.85 Å². The molecule has 1 nitrogen and oxygen atoms in total. The molecular formula is C10H8BrClF2O. The molecule has 1 unspecified atom stereocenters. The quantitative estimate of drug-likeness (QED) is 0.760. The molecule has 82 valence electrons. The van der Waals surface area contributed by atoms with E-state index >= 15 is 0 Å². The molecule has 0 aliphatic rings. The van der Waals surface area contributed by atoms with Gasteiger partial charge in [-0.15, -0.1) is 0 Å². The van der Waals surface area contributed by atoms with E-state index in [0.29, 0.717) is 5.56 Å². The summed E-state index contributed by atoms with van der Waals surface area (Å²) in [7, 11) is 0. The van der Waals surface area contributed by atoms with Gasteiger partial charge in [-0.3, -0.25) is 4.79 Å². The molecule has 1 aromatic carbocycles. The summed E-state index contributed by atoms with van der Waals surface area (Å²) in [5.41, 5.74) is 0.127. The van der Waals surface area contributed by atoms with E-state index < -0.39 is 11.3 Å². The number of hydrogen-bond donors (Lipinski definition) is 0.